The van der Waals surface area contributed by atoms with Gasteiger partial charge in [-0.3, -0.25) is 19.1 Å². The number of likely N-dealkylation sites (tertiary alicyclic amines) is 1. The summed E-state index contributed by atoms with van der Waals surface area (Å²) in [5.74, 6) is -0.933. The predicted molar refractivity (Wildman–Crippen MR) is 122 cm³/mol. The van der Waals surface area contributed by atoms with Crippen LogP contribution < -0.4 is 5.32 Å². The van der Waals surface area contributed by atoms with Gasteiger partial charge in [0.15, 0.2) is 5.78 Å². The van der Waals surface area contributed by atoms with E-state index < -0.39 is 5.91 Å². The monoisotopic (exact) mass is 450 g/mol. The van der Waals surface area contributed by atoms with Crippen LogP contribution in [0, 0.1) is 0 Å². The van der Waals surface area contributed by atoms with Gasteiger partial charge >= 0.3 is 0 Å². The van der Waals surface area contributed by atoms with Crippen LogP contribution in [-0.2, 0) is 7.05 Å². The smallest absolute Gasteiger partial charge is 0.274 e. The van der Waals surface area contributed by atoms with Crippen LogP contribution in [0.25, 0.3) is 0 Å². The highest BCUT2D eigenvalue weighted by molar-refractivity contribution is 6.30. The highest BCUT2D eigenvalue weighted by Gasteiger charge is 2.26. The van der Waals surface area contributed by atoms with Crippen molar-refractivity contribution in [1.82, 2.24) is 14.7 Å². The molecule has 0 aliphatic carbocycles. The molecule has 1 N–H and O–H groups in total. The number of hydrogen-bond acceptors (Lipinski definition) is 4. The van der Waals surface area contributed by atoms with Crippen molar-refractivity contribution in [3.05, 3.63) is 82.1 Å². The van der Waals surface area contributed by atoms with E-state index in [1.54, 1.807) is 60.5 Å². The van der Waals surface area contributed by atoms with Gasteiger partial charge in [-0.2, -0.15) is 5.10 Å². The van der Waals surface area contributed by atoms with E-state index in [1.807, 2.05) is 0 Å². The van der Waals surface area contributed by atoms with E-state index in [0.29, 0.717) is 35.1 Å². The van der Waals surface area contributed by atoms with E-state index in [1.165, 1.54) is 10.9 Å². The zero-order valence-corrected chi connectivity index (χ0v) is 18.4. The molecule has 8 heteroatoms. The molecule has 4 rings (SSSR count). The Labute approximate surface area is 191 Å². The summed E-state index contributed by atoms with van der Waals surface area (Å²) in [7, 11) is 1.67. The average molecular weight is 451 g/mol. The lowest BCUT2D eigenvalue weighted by molar-refractivity contribution is 0.0714. The number of piperidine rings is 1. The summed E-state index contributed by atoms with van der Waals surface area (Å²) < 4.78 is 1.47. The molecular weight excluding hydrogens is 428 g/mol. The fraction of sp³-hybridized carbons (Fsp3) is 0.250. The van der Waals surface area contributed by atoms with Crippen LogP contribution in [0.1, 0.15) is 56.0 Å². The third-order valence-electron chi connectivity index (χ3n) is 5.56. The van der Waals surface area contributed by atoms with Gasteiger partial charge in [-0.05, 0) is 49.6 Å². The van der Waals surface area contributed by atoms with E-state index in [2.05, 4.69) is 10.4 Å². The number of amides is 2. The molecule has 0 saturated carbocycles. The van der Waals surface area contributed by atoms with Crippen LogP contribution >= 0.6 is 11.6 Å². The molecule has 3 aromatic rings. The van der Waals surface area contributed by atoms with Gasteiger partial charge in [-0.25, -0.2) is 0 Å². The molecule has 1 saturated heterocycles. The molecule has 0 atom stereocenters. The number of rotatable bonds is 5. The number of aromatic nitrogens is 2. The van der Waals surface area contributed by atoms with Gasteiger partial charge in [0.25, 0.3) is 11.8 Å². The fourth-order valence-corrected chi connectivity index (χ4v) is 3.98. The van der Waals surface area contributed by atoms with Gasteiger partial charge in [-0.15, -0.1) is 0 Å². The molecule has 2 heterocycles. The number of carbonyl (C=O) groups excluding carboxylic acids is 3. The van der Waals surface area contributed by atoms with Crippen LogP contribution in [0.4, 0.5) is 5.69 Å². The number of halogens is 1. The first-order valence-electron chi connectivity index (χ1n) is 10.5. The topological polar surface area (TPSA) is 84.3 Å². The van der Waals surface area contributed by atoms with Crippen LogP contribution in [0.15, 0.2) is 54.7 Å². The Morgan fingerprint density at radius 1 is 0.938 bits per heavy atom. The normalized spacial score (nSPS) is 13.6. The van der Waals surface area contributed by atoms with E-state index in [9.17, 15) is 14.4 Å². The zero-order chi connectivity index (χ0) is 22.7. The summed E-state index contributed by atoms with van der Waals surface area (Å²) >= 11 is 5.92. The molecule has 1 fully saturated rings. The van der Waals surface area contributed by atoms with Crippen molar-refractivity contribution < 1.29 is 14.4 Å². The molecule has 2 amide bonds. The van der Waals surface area contributed by atoms with Crippen molar-refractivity contribution in [1.29, 1.82) is 0 Å². The minimum atomic E-state index is -0.483. The van der Waals surface area contributed by atoms with Gasteiger partial charge in [0, 0.05) is 36.3 Å². The molecule has 0 bridgehead atoms. The summed E-state index contributed by atoms with van der Waals surface area (Å²) in [6.07, 6.45) is 4.49. The Kier molecular flexibility index (Phi) is 6.37. The molecule has 164 valence electrons. The van der Waals surface area contributed by atoms with E-state index in [-0.39, 0.29) is 22.8 Å². The number of nitrogens with one attached hydrogen (secondary N) is 1. The van der Waals surface area contributed by atoms with Crippen LogP contribution in [-0.4, -0.2) is 45.4 Å². The number of benzene rings is 2. The third-order valence-corrected chi connectivity index (χ3v) is 5.81. The van der Waals surface area contributed by atoms with Crippen molar-refractivity contribution in [3.8, 4) is 0 Å². The van der Waals surface area contributed by atoms with Crippen molar-refractivity contribution in [2.24, 2.45) is 7.05 Å². The summed E-state index contributed by atoms with van der Waals surface area (Å²) in [5, 5.41) is 7.47. The molecule has 32 heavy (non-hydrogen) atoms. The van der Waals surface area contributed by atoms with Crippen LogP contribution in [0.2, 0.25) is 5.02 Å². The van der Waals surface area contributed by atoms with Crippen LogP contribution in [0.3, 0.4) is 0 Å². The van der Waals surface area contributed by atoms with Gasteiger partial charge in [0.2, 0.25) is 0 Å². The summed E-state index contributed by atoms with van der Waals surface area (Å²) in [5.41, 5.74) is 1.55. The first-order valence-corrected chi connectivity index (χ1v) is 10.9. The van der Waals surface area contributed by atoms with Crippen molar-refractivity contribution in [2.45, 2.75) is 19.3 Å². The lowest BCUT2D eigenvalue weighted by Crippen LogP contribution is -2.37. The predicted octanol–water partition coefficient (Wildman–Crippen LogP) is 4.18. The minimum Gasteiger partial charge on any atom is -0.337 e. The van der Waals surface area contributed by atoms with Crippen molar-refractivity contribution in [2.75, 3.05) is 18.4 Å². The second-order valence-electron chi connectivity index (χ2n) is 7.72. The van der Waals surface area contributed by atoms with Gasteiger partial charge < -0.3 is 10.2 Å². The Balaban J connectivity index is 1.60. The lowest BCUT2D eigenvalue weighted by atomic mass is 9.98. The number of ketones is 1. The summed E-state index contributed by atoms with van der Waals surface area (Å²) in [6.45, 7) is 1.38. The largest absolute Gasteiger partial charge is 0.337 e. The lowest BCUT2D eigenvalue weighted by Gasteiger charge is -2.27. The Bertz CT molecular complexity index is 1160. The van der Waals surface area contributed by atoms with E-state index in [0.717, 1.165) is 19.3 Å². The maximum Gasteiger partial charge on any atom is 0.274 e. The first kappa shape index (κ1) is 21.8. The molecule has 1 aromatic heterocycles. The highest BCUT2D eigenvalue weighted by atomic mass is 35.5. The second-order valence-corrected chi connectivity index (χ2v) is 8.16. The molecular formula is C24H23ClN4O3. The number of anilines is 1. The molecule has 7 nitrogen and oxygen atoms in total. The third kappa shape index (κ3) is 4.43. The maximum atomic E-state index is 13.1. The molecule has 1 aliphatic heterocycles. The van der Waals surface area contributed by atoms with Gasteiger partial charge in [0.1, 0.15) is 5.69 Å². The average Bonchev–Trinajstić information content (AvgIpc) is 3.18. The molecule has 0 unspecified atom stereocenters. The Morgan fingerprint density at radius 2 is 1.59 bits per heavy atom. The quantitative estimate of drug-likeness (QED) is 0.591. The number of nitrogens with zero attached hydrogens (tertiary/aromatic N) is 3. The molecule has 0 radical (unpaired) electrons. The Morgan fingerprint density at radius 3 is 2.28 bits per heavy atom. The number of carbonyl (C=O) groups is 3. The van der Waals surface area contributed by atoms with Crippen LogP contribution in [0.5, 0.6) is 0 Å². The summed E-state index contributed by atoms with van der Waals surface area (Å²) in [6, 6.07) is 13.1. The SMILES string of the molecule is Cn1ncc(NC(=O)c2ccccc2C(=O)c2ccc(Cl)cc2)c1C(=O)N1CCCCC1. The van der Waals surface area contributed by atoms with Gasteiger partial charge in [0.05, 0.1) is 17.4 Å². The molecule has 0 spiro atoms. The minimum absolute atomic E-state index is 0.162. The summed E-state index contributed by atoms with van der Waals surface area (Å²) in [4.78, 5) is 41.0. The second kappa shape index (κ2) is 9.36. The zero-order valence-electron chi connectivity index (χ0n) is 17.7. The van der Waals surface area contributed by atoms with E-state index >= 15 is 0 Å². The standard InChI is InChI=1S/C24H23ClN4O3/c1-28-21(24(32)29-13-5-2-6-14-29)20(15-26-28)27-23(31)19-8-4-3-7-18(19)22(30)16-9-11-17(25)12-10-16/h3-4,7-12,15H,2,5-6,13-14H2,1H3,(H,27,31). The molecule has 1 aliphatic rings. The first-order chi connectivity index (χ1) is 15.5. The fourth-order valence-electron chi connectivity index (χ4n) is 3.85. The van der Waals surface area contributed by atoms with Gasteiger partial charge in [-0.1, -0.05) is 29.8 Å². The van der Waals surface area contributed by atoms with E-state index in [4.69, 9.17) is 11.6 Å². The van der Waals surface area contributed by atoms with Crippen molar-refractivity contribution in [3.63, 3.8) is 0 Å². The number of hydrogen-bond donors (Lipinski definition) is 1. The highest BCUT2D eigenvalue weighted by Crippen LogP contribution is 2.22. The number of aryl methyl sites for hydroxylation is 1. The Hall–Kier alpha value is -3.45. The van der Waals surface area contributed by atoms with Crippen molar-refractivity contribution >= 4 is 34.9 Å². The maximum absolute atomic E-state index is 13.1. The molecule has 2 aromatic carbocycles.